The summed E-state index contributed by atoms with van der Waals surface area (Å²) in [6.07, 6.45) is 0. The van der Waals surface area contributed by atoms with Crippen LogP contribution < -0.4 is 14.8 Å². The highest BCUT2D eigenvalue weighted by Crippen LogP contribution is 2.22. The van der Waals surface area contributed by atoms with Crippen LogP contribution in [0.15, 0.2) is 24.3 Å². The van der Waals surface area contributed by atoms with Crippen LogP contribution in [0.2, 0.25) is 0 Å². The molecule has 0 saturated carbocycles. The lowest BCUT2D eigenvalue weighted by atomic mass is 10.3. The molecular weight excluding hydrogens is 304 g/mol. The molecule has 8 heteroatoms. The van der Waals surface area contributed by atoms with Crippen molar-refractivity contribution in [1.29, 1.82) is 0 Å². The van der Waals surface area contributed by atoms with E-state index < -0.39 is 29.2 Å². The zero-order valence-electron chi connectivity index (χ0n) is 11.5. The fourth-order valence-corrected chi connectivity index (χ4v) is 1.66. The van der Waals surface area contributed by atoms with Crippen LogP contribution in [0.4, 0.5) is 23.2 Å². The number of aromatic nitrogens is 1. The number of benzene rings is 1. The SMILES string of the molecule is COc1ccc(OCCNc2c(F)c(F)nc(F)c2F)cc1. The maximum absolute atomic E-state index is 13.3. The molecule has 1 aromatic carbocycles. The molecule has 1 N–H and O–H groups in total. The predicted molar refractivity (Wildman–Crippen MR) is 71.0 cm³/mol. The first-order chi connectivity index (χ1) is 10.5. The third-order valence-corrected chi connectivity index (χ3v) is 2.73. The van der Waals surface area contributed by atoms with Crippen molar-refractivity contribution in [2.75, 3.05) is 25.6 Å². The van der Waals surface area contributed by atoms with Gasteiger partial charge in [-0.05, 0) is 24.3 Å². The Hall–Kier alpha value is -2.51. The Kier molecular flexibility index (Phi) is 5.03. The van der Waals surface area contributed by atoms with Gasteiger partial charge in [0.2, 0.25) is 11.6 Å². The summed E-state index contributed by atoms with van der Waals surface area (Å²) in [7, 11) is 1.52. The van der Waals surface area contributed by atoms with Crippen LogP contribution in [0.1, 0.15) is 0 Å². The van der Waals surface area contributed by atoms with Gasteiger partial charge >= 0.3 is 0 Å². The second-order valence-corrected chi connectivity index (χ2v) is 4.15. The highest BCUT2D eigenvalue weighted by atomic mass is 19.2. The number of anilines is 1. The number of hydrogen-bond acceptors (Lipinski definition) is 4. The first-order valence-corrected chi connectivity index (χ1v) is 6.23. The van der Waals surface area contributed by atoms with Gasteiger partial charge < -0.3 is 14.8 Å². The van der Waals surface area contributed by atoms with Crippen molar-refractivity contribution in [1.82, 2.24) is 4.98 Å². The van der Waals surface area contributed by atoms with Gasteiger partial charge in [0.05, 0.1) is 7.11 Å². The van der Waals surface area contributed by atoms with Crippen LogP contribution in [-0.4, -0.2) is 25.2 Å². The highest BCUT2D eigenvalue weighted by Gasteiger charge is 2.20. The molecule has 0 spiro atoms. The second kappa shape index (κ2) is 6.97. The van der Waals surface area contributed by atoms with Crippen molar-refractivity contribution in [2.24, 2.45) is 0 Å². The fraction of sp³-hybridized carbons (Fsp3) is 0.214. The molecule has 0 radical (unpaired) electrons. The molecule has 22 heavy (non-hydrogen) atoms. The van der Waals surface area contributed by atoms with E-state index in [0.717, 1.165) is 0 Å². The van der Waals surface area contributed by atoms with Gasteiger partial charge in [0.15, 0.2) is 0 Å². The minimum absolute atomic E-state index is 0.0246. The lowest BCUT2D eigenvalue weighted by Gasteiger charge is -2.10. The molecule has 2 aromatic rings. The molecule has 0 unspecified atom stereocenters. The summed E-state index contributed by atoms with van der Waals surface area (Å²) in [5.41, 5.74) is -0.914. The summed E-state index contributed by atoms with van der Waals surface area (Å²) >= 11 is 0. The van der Waals surface area contributed by atoms with E-state index in [0.29, 0.717) is 11.5 Å². The Morgan fingerprint density at radius 2 is 1.50 bits per heavy atom. The maximum atomic E-state index is 13.3. The second-order valence-electron chi connectivity index (χ2n) is 4.15. The number of pyridine rings is 1. The van der Waals surface area contributed by atoms with E-state index in [9.17, 15) is 17.6 Å². The van der Waals surface area contributed by atoms with Gasteiger partial charge in [0.25, 0.3) is 11.9 Å². The average molecular weight is 316 g/mol. The molecule has 0 saturated heterocycles. The molecule has 0 amide bonds. The Balaban J connectivity index is 1.91. The summed E-state index contributed by atoms with van der Waals surface area (Å²) in [6, 6.07) is 6.64. The van der Waals surface area contributed by atoms with Crippen LogP contribution >= 0.6 is 0 Å². The van der Waals surface area contributed by atoms with Crippen molar-refractivity contribution in [3.05, 3.63) is 47.8 Å². The molecule has 2 rings (SSSR count). The summed E-state index contributed by atoms with van der Waals surface area (Å²) in [6.45, 7) is -0.0421. The van der Waals surface area contributed by atoms with E-state index in [2.05, 4.69) is 10.3 Å². The smallest absolute Gasteiger partial charge is 0.253 e. The number of halogens is 4. The van der Waals surface area contributed by atoms with Crippen molar-refractivity contribution >= 4 is 5.69 Å². The van der Waals surface area contributed by atoms with Crippen LogP contribution in [0, 0.1) is 23.5 Å². The van der Waals surface area contributed by atoms with E-state index >= 15 is 0 Å². The molecule has 0 aliphatic carbocycles. The van der Waals surface area contributed by atoms with Crippen LogP contribution in [0.25, 0.3) is 0 Å². The quantitative estimate of drug-likeness (QED) is 0.505. The van der Waals surface area contributed by atoms with Crippen LogP contribution in [0.3, 0.4) is 0 Å². The Morgan fingerprint density at radius 1 is 0.955 bits per heavy atom. The fourth-order valence-electron chi connectivity index (χ4n) is 1.66. The molecule has 0 bridgehead atoms. The number of nitrogens with one attached hydrogen (secondary N) is 1. The zero-order valence-corrected chi connectivity index (χ0v) is 11.5. The van der Waals surface area contributed by atoms with Gasteiger partial charge in [-0.2, -0.15) is 22.5 Å². The normalized spacial score (nSPS) is 10.4. The van der Waals surface area contributed by atoms with Crippen molar-refractivity contribution in [2.45, 2.75) is 0 Å². The molecule has 0 aliphatic heterocycles. The molecule has 1 aromatic heterocycles. The molecular formula is C14H12F4N2O2. The third kappa shape index (κ3) is 3.57. The molecule has 0 aliphatic rings. The van der Waals surface area contributed by atoms with E-state index in [-0.39, 0.29) is 13.2 Å². The van der Waals surface area contributed by atoms with E-state index in [1.807, 2.05) is 0 Å². The highest BCUT2D eigenvalue weighted by molar-refractivity contribution is 5.45. The van der Waals surface area contributed by atoms with Gasteiger partial charge in [-0.1, -0.05) is 0 Å². The van der Waals surface area contributed by atoms with Crippen molar-refractivity contribution in [3.8, 4) is 11.5 Å². The number of hydrogen-bond donors (Lipinski definition) is 1. The standard InChI is InChI=1S/C14H12F4N2O2/c1-21-8-2-4-9(5-3-8)22-7-6-19-12-10(15)13(17)20-14(18)11(12)16/h2-5H,6-7H2,1H3,(H,19,20). The zero-order chi connectivity index (χ0) is 16.1. The molecule has 1 heterocycles. The summed E-state index contributed by atoms with van der Waals surface area (Å²) in [4.78, 5) is 2.46. The minimum atomic E-state index is -1.71. The largest absolute Gasteiger partial charge is 0.497 e. The Bertz CT molecular complexity index is 624. The topological polar surface area (TPSA) is 43.4 Å². The van der Waals surface area contributed by atoms with E-state index in [1.165, 1.54) is 7.11 Å². The molecule has 4 nitrogen and oxygen atoms in total. The number of rotatable bonds is 6. The number of methoxy groups -OCH3 is 1. The number of nitrogens with zero attached hydrogens (tertiary/aromatic N) is 1. The van der Waals surface area contributed by atoms with E-state index in [4.69, 9.17) is 9.47 Å². The lowest BCUT2D eigenvalue weighted by molar-refractivity contribution is 0.330. The summed E-state index contributed by atoms with van der Waals surface area (Å²) in [5, 5.41) is 2.24. The van der Waals surface area contributed by atoms with Gasteiger partial charge in [-0.3, -0.25) is 0 Å². The average Bonchev–Trinajstić information content (AvgIpc) is 2.53. The molecule has 118 valence electrons. The van der Waals surface area contributed by atoms with Crippen molar-refractivity contribution < 1.29 is 27.0 Å². The number of ether oxygens (including phenoxy) is 2. The monoisotopic (exact) mass is 316 g/mol. The van der Waals surface area contributed by atoms with Gasteiger partial charge in [-0.25, -0.2) is 0 Å². The first-order valence-electron chi connectivity index (χ1n) is 6.23. The Labute approximate surface area is 123 Å². The predicted octanol–water partition coefficient (Wildman–Crippen LogP) is 3.14. The van der Waals surface area contributed by atoms with E-state index in [1.54, 1.807) is 24.3 Å². The van der Waals surface area contributed by atoms with Crippen LogP contribution in [0.5, 0.6) is 11.5 Å². The summed E-state index contributed by atoms with van der Waals surface area (Å²) in [5.74, 6) is -5.42. The van der Waals surface area contributed by atoms with Gasteiger partial charge in [0, 0.05) is 6.54 Å². The summed E-state index contributed by atoms with van der Waals surface area (Å²) < 4.78 is 62.7. The lowest BCUT2D eigenvalue weighted by Crippen LogP contribution is -2.15. The molecule has 0 atom stereocenters. The Morgan fingerprint density at radius 3 is 2.05 bits per heavy atom. The van der Waals surface area contributed by atoms with Crippen molar-refractivity contribution in [3.63, 3.8) is 0 Å². The third-order valence-electron chi connectivity index (χ3n) is 2.73. The van der Waals surface area contributed by atoms with Crippen LogP contribution in [-0.2, 0) is 0 Å². The molecule has 0 fully saturated rings. The maximum Gasteiger partial charge on any atom is 0.253 e. The van der Waals surface area contributed by atoms with Gasteiger partial charge in [0.1, 0.15) is 23.8 Å². The van der Waals surface area contributed by atoms with Gasteiger partial charge in [-0.15, -0.1) is 0 Å². The first kappa shape index (κ1) is 15.9. The minimum Gasteiger partial charge on any atom is -0.497 e.